The minimum atomic E-state index is -0.690. The molecule has 7 heteroatoms. The molecule has 4 N–H and O–H groups in total. The van der Waals surface area contributed by atoms with Crippen LogP contribution in [0.25, 0.3) is 0 Å². The van der Waals surface area contributed by atoms with Crippen LogP contribution < -0.4 is 21.9 Å². The zero-order valence-corrected chi connectivity index (χ0v) is 11.3. The van der Waals surface area contributed by atoms with Crippen molar-refractivity contribution in [3.63, 3.8) is 0 Å². The molecule has 0 saturated carbocycles. The Morgan fingerprint density at radius 3 is 2.38 bits per heavy atom. The number of nitrogens with one attached hydrogen (secondary N) is 2. The molecule has 0 aliphatic carbocycles. The van der Waals surface area contributed by atoms with Gasteiger partial charge in [0.1, 0.15) is 0 Å². The maximum absolute atomic E-state index is 12.0. The van der Waals surface area contributed by atoms with Gasteiger partial charge < -0.3 is 20.9 Å². The quantitative estimate of drug-likeness (QED) is 0.787. The zero-order valence-electron chi connectivity index (χ0n) is 11.3. The van der Waals surface area contributed by atoms with E-state index in [0.29, 0.717) is 11.4 Å². The molecule has 0 aliphatic heterocycles. The standard InChI is InChI=1S/C14H14N4O3/c1-18-6-5-9(7-12(18)19)13(20)16-10-3-2-4-11(8-10)17-14(15)21/h2-8H,1H3,(H,16,20)(H3,15,17,21). The Kier molecular flexibility index (Phi) is 4.03. The van der Waals surface area contributed by atoms with Gasteiger partial charge in [0, 0.05) is 36.2 Å². The third-order valence-electron chi connectivity index (χ3n) is 2.75. The highest BCUT2D eigenvalue weighted by atomic mass is 16.2. The van der Waals surface area contributed by atoms with Gasteiger partial charge in [0.2, 0.25) is 0 Å². The topological polar surface area (TPSA) is 106 Å². The molecule has 0 spiro atoms. The van der Waals surface area contributed by atoms with Gasteiger partial charge in [-0.25, -0.2) is 4.79 Å². The summed E-state index contributed by atoms with van der Waals surface area (Å²) in [7, 11) is 1.60. The molecule has 7 nitrogen and oxygen atoms in total. The number of nitrogens with zero attached hydrogens (tertiary/aromatic N) is 1. The maximum Gasteiger partial charge on any atom is 0.316 e. The first-order valence-electron chi connectivity index (χ1n) is 6.10. The second-order valence-corrected chi connectivity index (χ2v) is 4.39. The van der Waals surface area contributed by atoms with Crippen molar-refractivity contribution in [2.24, 2.45) is 12.8 Å². The van der Waals surface area contributed by atoms with Crippen molar-refractivity contribution >= 4 is 23.3 Å². The molecule has 0 radical (unpaired) electrons. The summed E-state index contributed by atoms with van der Waals surface area (Å²) in [5, 5.41) is 5.05. The molecular weight excluding hydrogens is 272 g/mol. The van der Waals surface area contributed by atoms with E-state index in [-0.39, 0.29) is 11.1 Å². The van der Waals surface area contributed by atoms with Crippen molar-refractivity contribution in [2.75, 3.05) is 10.6 Å². The predicted molar refractivity (Wildman–Crippen MR) is 79.3 cm³/mol. The Hall–Kier alpha value is -3.09. The van der Waals surface area contributed by atoms with Crippen LogP contribution in [0.4, 0.5) is 16.2 Å². The van der Waals surface area contributed by atoms with E-state index >= 15 is 0 Å². The molecule has 0 aliphatic rings. The summed E-state index contributed by atoms with van der Waals surface area (Å²) < 4.78 is 1.37. The number of carbonyl (C=O) groups is 2. The van der Waals surface area contributed by atoms with E-state index in [4.69, 9.17) is 5.73 Å². The Labute approximate surface area is 120 Å². The van der Waals surface area contributed by atoms with E-state index in [1.54, 1.807) is 37.4 Å². The van der Waals surface area contributed by atoms with Crippen molar-refractivity contribution < 1.29 is 9.59 Å². The van der Waals surface area contributed by atoms with Crippen LogP contribution in [0.15, 0.2) is 47.4 Å². The Bertz CT molecular complexity index is 752. The van der Waals surface area contributed by atoms with Gasteiger partial charge >= 0.3 is 6.03 Å². The highest BCUT2D eigenvalue weighted by Gasteiger charge is 2.08. The average Bonchev–Trinajstić information content (AvgIpc) is 2.41. The number of amides is 3. The minimum absolute atomic E-state index is 0.256. The smallest absolute Gasteiger partial charge is 0.316 e. The predicted octanol–water partition coefficient (Wildman–Crippen LogP) is 1.13. The van der Waals surface area contributed by atoms with Crippen LogP contribution in [0.5, 0.6) is 0 Å². The molecule has 0 bridgehead atoms. The third kappa shape index (κ3) is 3.69. The van der Waals surface area contributed by atoms with E-state index in [0.717, 1.165) is 0 Å². The maximum atomic E-state index is 12.0. The lowest BCUT2D eigenvalue weighted by atomic mass is 10.2. The first-order chi connectivity index (χ1) is 9.95. The van der Waals surface area contributed by atoms with Gasteiger partial charge in [-0.1, -0.05) is 6.07 Å². The number of anilines is 2. The number of hydrogen-bond acceptors (Lipinski definition) is 3. The fraction of sp³-hybridized carbons (Fsp3) is 0.0714. The Morgan fingerprint density at radius 1 is 1.10 bits per heavy atom. The number of primary amides is 1. The second-order valence-electron chi connectivity index (χ2n) is 4.39. The number of aromatic nitrogens is 1. The number of aryl methyl sites for hydroxylation is 1. The van der Waals surface area contributed by atoms with E-state index in [9.17, 15) is 14.4 Å². The second kappa shape index (κ2) is 5.91. The molecule has 21 heavy (non-hydrogen) atoms. The highest BCUT2D eigenvalue weighted by Crippen LogP contribution is 2.15. The van der Waals surface area contributed by atoms with Crippen LogP contribution in [0.1, 0.15) is 10.4 Å². The highest BCUT2D eigenvalue weighted by molar-refractivity contribution is 6.04. The molecule has 0 unspecified atom stereocenters. The summed E-state index contributed by atoms with van der Waals surface area (Å²) in [6.07, 6.45) is 1.52. The number of rotatable bonds is 3. The molecule has 1 aromatic heterocycles. The largest absolute Gasteiger partial charge is 0.351 e. The molecule has 3 amide bonds. The van der Waals surface area contributed by atoms with Gasteiger partial charge in [-0.2, -0.15) is 0 Å². The molecule has 1 aromatic carbocycles. The van der Waals surface area contributed by atoms with Crippen LogP contribution in [-0.4, -0.2) is 16.5 Å². The zero-order chi connectivity index (χ0) is 15.4. The van der Waals surface area contributed by atoms with Gasteiger partial charge in [-0.05, 0) is 24.3 Å². The number of hydrogen-bond donors (Lipinski definition) is 3. The van der Waals surface area contributed by atoms with Crippen LogP contribution in [0.2, 0.25) is 0 Å². The summed E-state index contributed by atoms with van der Waals surface area (Å²) in [6.45, 7) is 0. The molecule has 0 atom stereocenters. The normalized spacial score (nSPS) is 9.95. The van der Waals surface area contributed by atoms with Crippen LogP contribution in [-0.2, 0) is 7.05 Å². The summed E-state index contributed by atoms with van der Waals surface area (Å²) in [5.41, 5.74) is 5.95. The van der Waals surface area contributed by atoms with Crippen LogP contribution in [0, 0.1) is 0 Å². The van der Waals surface area contributed by atoms with Crippen molar-refractivity contribution in [3.8, 4) is 0 Å². The molecule has 0 saturated heterocycles. The fourth-order valence-corrected chi connectivity index (χ4v) is 1.71. The minimum Gasteiger partial charge on any atom is -0.351 e. The lowest BCUT2D eigenvalue weighted by molar-refractivity contribution is 0.102. The Balaban J connectivity index is 2.17. The monoisotopic (exact) mass is 286 g/mol. The van der Waals surface area contributed by atoms with Gasteiger partial charge in [-0.3, -0.25) is 9.59 Å². The van der Waals surface area contributed by atoms with E-state index in [1.165, 1.54) is 16.8 Å². The van der Waals surface area contributed by atoms with Crippen molar-refractivity contribution in [3.05, 3.63) is 58.5 Å². The fourth-order valence-electron chi connectivity index (χ4n) is 1.71. The number of carbonyl (C=O) groups excluding carboxylic acids is 2. The number of benzene rings is 1. The van der Waals surface area contributed by atoms with Gasteiger partial charge in [-0.15, -0.1) is 0 Å². The van der Waals surface area contributed by atoms with E-state index < -0.39 is 11.9 Å². The first-order valence-corrected chi connectivity index (χ1v) is 6.10. The summed E-state index contributed by atoms with van der Waals surface area (Å²) >= 11 is 0. The van der Waals surface area contributed by atoms with E-state index in [2.05, 4.69) is 10.6 Å². The lowest BCUT2D eigenvalue weighted by Crippen LogP contribution is -2.20. The SMILES string of the molecule is Cn1ccc(C(=O)Nc2cccc(NC(N)=O)c2)cc1=O. The molecule has 0 fully saturated rings. The van der Waals surface area contributed by atoms with Gasteiger partial charge in [0.25, 0.3) is 11.5 Å². The molecule has 108 valence electrons. The summed E-state index contributed by atoms with van der Waals surface area (Å²) in [6, 6.07) is 8.62. The molecular formula is C14H14N4O3. The van der Waals surface area contributed by atoms with Gasteiger partial charge in [0.05, 0.1) is 0 Å². The van der Waals surface area contributed by atoms with Crippen molar-refractivity contribution in [1.29, 1.82) is 0 Å². The van der Waals surface area contributed by atoms with Crippen molar-refractivity contribution in [1.82, 2.24) is 4.57 Å². The lowest BCUT2D eigenvalue weighted by Gasteiger charge is -2.08. The van der Waals surface area contributed by atoms with Crippen molar-refractivity contribution in [2.45, 2.75) is 0 Å². The first kappa shape index (κ1) is 14.3. The summed E-state index contributed by atoms with van der Waals surface area (Å²) in [5.74, 6) is -0.413. The summed E-state index contributed by atoms with van der Waals surface area (Å²) in [4.78, 5) is 34.3. The average molecular weight is 286 g/mol. The number of urea groups is 1. The molecule has 2 rings (SSSR count). The van der Waals surface area contributed by atoms with Crippen LogP contribution in [0.3, 0.4) is 0 Å². The van der Waals surface area contributed by atoms with E-state index in [1.807, 2.05) is 0 Å². The van der Waals surface area contributed by atoms with Crippen LogP contribution >= 0.6 is 0 Å². The van der Waals surface area contributed by atoms with Gasteiger partial charge in [0.15, 0.2) is 0 Å². The molecule has 2 aromatic rings. The third-order valence-corrected chi connectivity index (χ3v) is 2.75. The molecule has 1 heterocycles. The number of pyridine rings is 1. The Morgan fingerprint density at radius 2 is 1.76 bits per heavy atom. The number of nitrogens with two attached hydrogens (primary N) is 1.